The maximum atomic E-state index is 12.4. The van der Waals surface area contributed by atoms with Crippen molar-refractivity contribution in [3.63, 3.8) is 0 Å². The standard InChI is InChI=1S/C11H15FO2/c1-2-3-9-6-8(7-12)4-5-10(9)11(13)14/h8-10H,4-7H2,1H3,(H,13,14). The largest absolute Gasteiger partial charge is 0.481 e. The molecule has 3 unspecified atom stereocenters. The van der Waals surface area contributed by atoms with Crippen molar-refractivity contribution in [3.05, 3.63) is 0 Å². The smallest absolute Gasteiger partial charge is 0.307 e. The first-order valence-electron chi connectivity index (χ1n) is 4.90. The summed E-state index contributed by atoms with van der Waals surface area (Å²) in [6, 6.07) is 0. The number of carboxylic acids is 1. The van der Waals surface area contributed by atoms with E-state index in [9.17, 15) is 9.18 Å². The molecule has 1 aliphatic carbocycles. The quantitative estimate of drug-likeness (QED) is 0.690. The molecule has 14 heavy (non-hydrogen) atoms. The van der Waals surface area contributed by atoms with E-state index in [1.54, 1.807) is 6.92 Å². The molecule has 78 valence electrons. The Morgan fingerprint density at radius 3 is 2.79 bits per heavy atom. The molecule has 1 saturated carbocycles. The van der Waals surface area contributed by atoms with Crippen LogP contribution in [0.3, 0.4) is 0 Å². The lowest BCUT2D eigenvalue weighted by Gasteiger charge is -2.29. The fraction of sp³-hybridized carbons (Fsp3) is 0.727. The Labute approximate surface area is 83.5 Å². The first-order chi connectivity index (χ1) is 6.69. The molecule has 0 heterocycles. The monoisotopic (exact) mass is 198 g/mol. The van der Waals surface area contributed by atoms with Gasteiger partial charge in [0.05, 0.1) is 12.6 Å². The molecule has 0 aromatic heterocycles. The van der Waals surface area contributed by atoms with Crippen LogP contribution in [0.5, 0.6) is 0 Å². The molecular weight excluding hydrogens is 183 g/mol. The number of rotatable bonds is 2. The van der Waals surface area contributed by atoms with E-state index in [1.807, 2.05) is 0 Å². The highest BCUT2D eigenvalue weighted by molar-refractivity contribution is 5.71. The van der Waals surface area contributed by atoms with Crippen molar-refractivity contribution < 1.29 is 14.3 Å². The molecule has 1 fully saturated rings. The number of alkyl halides is 1. The maximum Gasteiger partial charge on any atom is 0.307 e. The third-order valence-corrected chi connectivity index (χ3v) is 2.82. The Hall–Kier alpha value is -1.04. The zero-order valence-electron chi connectivity index (χ0n) is 8.29. The topological polar surface area (TPSA) is 37.3 Å². The summed E-state index contributed by atoms with van der Waals surface area (Å²) in [5.41, 5.74) is 0. The molecule has 0 radical (unpaired) electrons. The van der Waals surface area contributed by atoms with E-state index in [4.69, 9.17) is 5.11 Å². The third kappa shape index (κ3) is 2.47. The Kier molecular flexibility index (Phi) is 3.94. The maximum absolute atomic E-state index is 12.4. The second-order valence-corrected chi connectivity index (χ2v) is 3.78. The van der Waals surface area contributed by atoms with Crippen LogP contribution < -0.4 is 0 Å². The lowest BCUT2D eigenvalue weighted by atomic mass is 9.75. The van der Waals surface area contributed by atoms with Crippen molar-refractivity contribution in [3.8, 4) is 11.8 Å². The minimum absolute atomic E-state index is 0.0106. The van der Waals surface area contributed by atoms with Crippen molar-refractivity contribution in [2.75, 3.05) is 6.67 Å². The Balaban J connectivity index is 2.68. The molecule has 0 aromatic carbocycles. The van der Waals surface area contributed by atoms with Gasteiger partial charge in [0.15, 0.2) is 0 Å². The van der Waals surface area contributed by atoms with Gasteiger partial charge in [0.2, 0.25) is 0 Å². The number of hydrogen-bond donors (Lipinski definition) is 1. The molecule has 0 saturated heterocycles. The van der Waals surface area contributed by atoms with E-state index in [0.29, 0.717) is 19.3 Å². The highest BCUT2D eigenvalue weighted by Crippen LogP contribution is 2.34. The van der Waals surface area contributed by atoms with Gasteiger partial charge >= 0.3 is 5.97 Å². The number of aliphatic carboxylic acids is 1. The van der Waals surface area contributed by atoms with Gasteiger partial charge in [-0.1, -0.05) is 5.92 Å². The second kappa shape index (κ2) is 4.99. The normalized spacial score (nSPS) is 31.7. The molecular formula is C11H15FO2. The van der Waals surface area contributed by atoms with Crippen LogP contribution in [0.2, 0.25) is 0 Å². The minimum atomic E-state index is -0.796. The summed E-state index contributed by atoms with van der Waals surface area (Å²) < 4.78 is 12.4. The zero-order chi connectivity index (χ0) is 10.6. The summed E-state index contributed by atoms with van der Waals surface area (Å²) in [5, 5.41) is 8.93. The van der Waals surface area contributed by atoms with Crippen LogP contribution in [-0.2, 0) is 4.79 Å². The minimum Gasteiger partial charge on any atom is -0.481 e. The SMILES string of the molecule is CC#CC1CC(CF)CCC1C(=O)O. The Bertz CT molecular complexity index is 264. The Morgan fingerprint density at radius 1 is 1.57 bits per heavy atom. The van der Waals surface area contributed by atoms with Gasteiger partial charge in [0.1, 0.15) is 0 Å². The summed E-state index contributed by atoms with van der Waals surface area (Å²) in [6.45, 7) is 1.34. The summed E-state index contributed by atoms with van der Waals surface area (Å²) >= 11 is 0. The highest BCUT2D eigenvalue weighted by atomic mass is 19.1. The van der Waals surface area contributed by atoms with E-state index < -0.39 is 11.9 Å². The third-order valence-electron chi connectivity index (χ3n) is 2.82. The molecule has 0 aliphatic heterocycles. The first-order valence-corrected chi connectivity index (χ1v) is 4.90. The fourth-order valence-corrected chi connectivity index (χ4v) is 2.04. The lowest BCUT2D eigenvalue weighted by molar-refractivity contribution is -0.144. The van der Waals surface area contributed by atoms with Gasteiger partial charge in [-0.3, -0.25) is 9.18 Å². The van der Waals surface area contributed by atoms with Crippen molar-refractivity contribution in [2.45, 2.75) is 26.2 Å². The number of halogens is 1. The predicted molar refractivity (Wildman–Crippen MR) is 51.4 cm³/mol. The number of hydrogen-bond acceptors (Lipinski definition) is 1. The zero-order valence-corrected chi connectivity index (χ0v) is 8.29. The predicted octanol–water partition coefficient (Wildman–Crippen LogP) is 2.10. The van der Waals surface area contributed by atoms with Crippen molar-refractivity contribution >= 4 is 5.97 Å². The Morgan fingerprint density at radius 2 is 2.29 bits per heavy atom. The van der Waals surface area contributed by atoms with Crippen LogP contribution in [0.25, 0.3) is 0 Å². The number of carboxylic acid groups (broad SMARTS) is 1. The van der Waals surface area contributed by atoms with Crippen LogP contribution in [-0.4, -0.2) is 17.8 Å². The van der Waals surface area contributed by atoms with E-state index in [2.05, 4.69) is 11.8 Å². The van der Waals surface area contributed by atoms with Gasteiger partial charge in [-0.15, -0.1) is 5.92 Å². The molecule has 3 heteroatoms. The molecule has 1 aliphatic rings. The van der Waals surface area contributed by atoms with Gasteiger partial charge in [-0.2, -0.15) is 0 Å². The van der Waals surface area contributed by atoms with Gasteiger partial charge < -0.3 is 5.11 Å². The van der Waals surface area contributed by atoms with E-state index in [1.165, 1.54) is 0 Å². The molecule has 0 spiro atoms. The number of carbonyl (C=O) groups is 1. The molecule has 1 N–H and O–H groups in total. The molecule has 0 amide bonds. The molecule has 2 nitrogen and oxygen atoms in total. The van der Waals surface area contributed by atoms with Crippen molar-refractivity contribution in [1.82, 2.24) is 0 Å². The first kappa shape index (κ1) is 11.0. The fourth-order valence-electron chi connectivity index (χ4n) is 2.04. The summed E-state index contributed by atoms with van der Waals surface area (Å²) in [4.78, 5) is 10.9. The van der Waals surface area contributed by atoms with E-state index in [-0.39, 0.29) is 18.5 Å². The van der Waals surface area contributed by atoms with Crippen LogP contribution in [0, 0.1) is 29.6 Å². The van der Waals surface area contributed by atoms with Gasteiger partial charge in [0.25, 0.3) is 0 Å². The van der Waals surface area contributed by atoms with Crippen LogP contribution in [0.15, 0.2) is 0 Å². The highest BCUT2D eigenvalue weighted by Gasteiger charge is 2.33. The molecule has 0 aromatic rings. The molecule has 3 atom stereocenters. The lowest BCUT2D eigenvalue weighted by Crippen LogP contribution is -2.30. The summed E-state index contributed by atoms with van der Waals surface area (Å²) in [5.74, 6) is 4.27. The van der Waals surface area contributed by atoms with Gasteiger partial charge in [0, 0.05) is 5.92 Å². The average Bonchev–Trinajstić information content (AvgIpc) is 2.17. The molecule has 0 bridgehead atoms. The average molecular weight is 198 g/mol. The van der Waals surface area contributed by atoms with Crippen molar-refractivity contribution in [1.29, 1.82) is 0 Å². The second-order valence-electron chi connectivity index (χ2n) is 3.78. The van der Waals surface area contributed by atoms with E-state index >= 15 is 0 Å². The van der Waals surface area contributed by atoms with Crippen LogP contribution >= 0.6 is 0 Å². The summed E-state index contributed by atoms with van der Waals surface area (Å²) in [7, 11) is 0. The summed E-state index contributed by atoms with van der Waals surface area (Å²) in [6.07, 6.45) is 1.83. The van der Waals surface area contributed by atoms with Crippen LogP contribution in [0.4, 0.5) is 4.39 Å². The van der Waals surface area contributed by atoms with Crippen LogP contribution in [0.1, 0.15) is 26.2 Å². The van der Waals surface area contributed by atoms with Gasteiger partial charge in [-0.25, -0.2) is 0 Å². The van der Waals surface area contributed by atoms with E-state index in [0.717, 1.165) is 0 Å². The van der Waals surface area contributed by atoms with Crippen molar-refractivity contribution in [2.24, 2.45) is 17.8 Å². The van der Waals surface area contributed by atoms with Gasteiger partial charge in [-0.05, 0) is 32.1 Å². The molecule has 1 rings (SSSR count).